The average Bonchev–Trinajstić information content (AvgIpc) is 3.21. The molecule has 0 saturated carbocycles. The van der Waals surface area contributed by atoms with Gasteiger partial charge in [-0.15, -0.1) is 0 Å². The van der Waals surface area contributed by atoms with Crippen LogP contribution in [-0.2, 0) is 14.8 Å². The number of carbonyl (C=O) groups excluding carboxylic acids is 2. The largest absolute Gasteiger partial charge is 0.345 e. The number of carbonyl (C=O) groups is 2. The highest BCUT2D eigenvalue weighted by atomic mass is 32.2. The van der Waals surface area contributed by atoms with E-state index in [9.17, 15) is 18.0 Å². The molecule has 0 spiro atoms. The maximum absolute atomic E-state index is 13.1. The van der Waals surface area contributed by atoms with Gasteiger partial charge in [0.1, 0.15) is 10.5 Å². The van der Waals surface area contributed by atoms with Crippen molar-refractivity contribution in [3.8, 4) is 0 Å². The number of fused-ring (bicyclic) bond motifs is 1. The first kappa shape index (κ1) is 22.9. The number of piperazine rings is 1. The number of aromatic amines is 1. The summed E-state index contributed by atoms with van der Waals surface area (Å²) in [4.78, 5) is 33.5. The summed E-state index contributed by atoms with van der Waals surface area (Å²) in [5.74, 6) is -0.448. The summed E-state index contributed by atoms with van der Waals surface area (Å²) in [6, 6.07) is 8.43. The van der Waals surface area contributed by atoms with Crippen molar-refractivity contribution in [2.45, 2.75) is 18.7 Å². The van der Waals surface area contributed by atoms with E-state index in [1.807, 2.05) is 30.9 Å². The molecule has 2 aromatic heterocycles. The minimum Gasteiger partial charge on any atom is -0.345 e. The molecule has 3 aromatic rings. The first-order valence-corrected chi connectivity index (χ1v) is 12.0. The lowest BCUT2D eigenvalue weighted by atomic mass is 10.1. The van der Waals surface area contributed by atoms with Crippen LogP contribution in [0.4, 0.5) is 10.5 Å². The van der Waals surface area contributed by atoms with E-state index in [-0.39, 0.29) is 24.5 Å². The van der Waals surface area contributed by atoms with E-state index < -0.39 is 22.0 Å². The lowest BCUT2D eigenvalue weighted by Gasteiger charge is -2.33. The van der Waals surface area contributed by atoms with Gasteiger partial charge in [0.15, 0.2) is 0 Å². The van der Waals surface area contributed by atoms with Crippen molar-refractivity contribution >= 4 is 38.7 Å². The number of anilines is 1. The molecule has 0 bridgehead atoms. The van der Waals surface area contributed by atoms with Gasteiger partial charge in [0.25, 0.3) is 0 Å². The Labute approximate surface area is 192 Å². The second kappa shape index (κ2) is 9.30. The van der Waals surface area contributed by atoms with E-state index in [0.29, 0.717) is 29.8 Å². The Balaban J connectivity index is 1.30. The number of nitrogens with zero attached hydrogens (tertiary/aromatic N) is 3. The molecule has 174 valence electrons. The third-order valence-corrected chi connectivity index (χ3v) is 7.55. The summed E-state index contributed by atoms with van der Waals surface area (Å²) < 4.78 is 27.6. The monoisotopic (exact) mass is 470 g/mol. The Morgan fingerprint density at radius 3 is 2.61 bits per heavy atom. The maximum atomic E-state index is 13.1. The van der Waals surface area contributed by atoms with E-state index in [1.165, 1.54) is 10.5 Å². The number of benzene rings is 1. The van der Waals surface area contributed by atoms with Gasteiger partial charge in [-0.2, -0.15) is 4.31 Å². The highest BCUT2D eigenvalue weighted by Crippen LogP contribution is 2.25. The van der Waals surface area contributed by atoms with Crippen LogP contribution in [0.1, 0.15) is 11.1 Å². The standard InChI is InChI=1S/C22H26N6O4S/c1-15-5-6-18(16(2)12-15)25-22(30)26-20(29)14-27-8-10-28(11-9-27)33(31,32)19-13-24-21-17(19)4-3-7-23-21/h3-7,12-13H,8-11,14H2,1-2H3,(H,23,24)(H2,25,26,29,30). The molecule has 0 radical (unpaired) electrons. The molecule has 0 atom stereocenters. The number of imide groups is 1. The fourth-order valence-electron chi connectivity index (χ4n) is 3.89. The zero-order valence-electron chi connectivity index (χ0n) is 18.5. The Morgan fingerprint density at radius 2 is 1.88 bits per heavy atom. The van der Waals surface area contributed by atoms with Crippen LogP contribution in [0.3, 0.4) is 0 Å². The number of aromatic nitrogens is 2. The van der Waals surface area contributed by atoms with Crippen LogP contribution in [0.5, 0.6) is 0 Å². The fraction of sp³-hybridized carbons (Fsp3) is 0.318. The molecule has 33 heavy (non-hydrogen) atoms. The zero-order valence-corrected chi connectivity index (χ0v) is 19.3. The molecule has 0 aliphatic carbocycles. The van der Waals surface area contributed by atoms with Gasteiger partial charge in [0, 0.05) is 49.6 Å². The number of urea groups is 1. The Bertz CT molecular complexity index is 1300. The molecule has 1 saturated heterocycles. The van der Waals surface area contributed by atoms with Crippen LogP contribution < -0.4 is 10.6 Å². The van der Waals surface area contributed by atoms with Crippen LogP contribution >= 0.6 is 0 Å². The summed E-state index contributed by atoms with van der Waals surface area (Å²) in [5, 5.41) is 5.56. The quantitative estimate of drug-likeness (QED) is 0.522. The van der Waals surface area contributed by atoms with Crippen LogP contribution in [-0.4, -0.2) is 72.3 Å². The molecular weight excluding hydrogens is 444 g/mol. The number of pyridine rings is 1. The van der Waals surface area contributed by atoms with Crippen molar-refractivity contribution in [2.75, 3.05) is 38.0 Å². The first-order valence-electron chi connectivity index (χ1n) is 10.6. The van der Waals surface area contributed by atoms with E-state index in [2.05, 4.69) is 20.6 Å². The molecule has 1 aromatic carbocycles. The van der Waals surface area contributed by atoms with Crippen LogP contribution in [0.25, 0.3) is 11.0 Å². The summed E-state index contributed by atoms with van der Waals surface area (Å²) >= 11 is 0. The van der Waals surface area contributed by atoms with E-state index in [1.54, 1.807) is 24.4 Å². The van der Waals surface area contributed by atoms with Gasteiger partial charge < -0.3 is 10.3 Å². The lowest BCUT2D eigenvalue weighted by Crippen LogP contribution is -2.51. The predicted octanol–water partition coefficient (Wildman–Crippen LogP) is 1.83. The Kier molecular flexibility index (Phi) is 6.45. The number of amides is 3. The molecule has 4 rings (SSSR count). The number of sulfonamides is 1. The van der Waals surface area contributed by atoms with Crippen LogP contribution in [0.2, 0.25) is 0 Å². The third-order valence-electron chi connectivity index (χ3n) is 5.61. The number of aryl methyl sites for hydroxylation is 2. The van der Waals surface area contributed by atoms with E-state index in [4.69, 9.17) is 0 Å². The fourth-order valence-corrected chi connectivity index (χ4v) is 5.46. The van der Waals surface area contributed by atoms with Gasteiger partial charge in [0.2, 0.25) is 15.9 Å². The minimum atomic E-state index is -3.69. The average molecular weight is 471 g/mol. The molecule has 3 heterocycles. The van der Waals surface area contributed by atoms with Gasteiger partial charge in [-0.05, 0) is 37.6 Å². The maximum Gasteiger partial charge on any atom is 0.325 e. The highest BCUT2D eigenvalue weighted by molar-refractivity contribution is 7.89. The third kappa shape index (κ3) is 5.05. The van der Waals surface area contributed by atoms with Gasteiger partial charge in [-0.3, -0.25) is 15.0 Å². The van der Waals surface area contributed by atoms with Crippen LogP contribution in [0.15, 0.2) is 47.6 Å². The zero-order chi connectivity index (χ0) is 23.6. The molecule has 1 aliphatic heterocycles. The van der Waals surface area contributed by atoms with Crippen molar-refractivity contribution in [1.82, 2.24) is 24.5 Å². The number of hydrogen-bond acceptors (Lipinski definition) is 6. The summed E-state index contributed by atoms with van der Waals surface area (Å²) in [6.07, 6.45) is 3.06. The first-order chi connectivity index (χ1) is 15.7. The molecule has 3 amide bonds. The van der Waals surface area contributed by atoms with Crippen molar-refractivity contribution in [2.24, 2.45) is 0 Å². The van der Waals surface area contributed by atoms with E-state index >= 15 is 0 Å². The van der Waals surface area contributed by atoms with Gasteiger partial charge in [-0.1, -0.05) is 17.7 Å². The normalized spacial score (nSPS) is 15.5. The smallest absolute Gasteiger partial charge is 0.325 e. The Morgan fingerprint density at radius 1 is 1.12 bits per heavy atom. The summed E-state index contributed by atoms with van der Waals surface area (Å²) in [6.45, 7) is 5.10. The molecule has 3 N–H and O–H groups in total. The van der Waals surface area contributed by atoms with Gasteiger partial charge >= 0.3 is 6.03 Å². The second-order valence-corrected chi connectivity index (χ2v) is 9.96. The molecule has 0 unspecified atom stereocenters. The number of nitrogens with one attached hydrogen (secondary N) is 3. The van der Waals surface area contributed by atoms with Crippen molar-refractivity contribution < 1.29 is 18.0 Å². The van der Waals surface area contributed by atoms with Gasteiger partial charge in [-0.25, -0.2) is 18.2 Å². The Hall–Kier alpha value is -3.28. The summed E-state index contributed by atoms with van der Waals surface area (Å²) in [5.41, 5.74) is 3.14. The van der Waals surface area contributed by atoms with Crippen LogP contribution in [0, 0.1) is 13.8 Å². The second-order valence-electron chi connectivity index (χ2n) is 8.05. The minimum absolute atomic E-state index is 0.00515. The lowest BCUT2D eigenvalue weighted by molar-refractivity contribution is -0.121. The predicted molar refractivity (Wildman–Crippen MR) is 124 cm³/mol. The van der Waals surface area contributed by atoms with Crippen molar-refractivity contribution in [3.05, 3.63) is 53.9 Å². The SMILES string of the molecule is Cc1ccc(NC(=O)NC(=O)CN2CCN(S(=O)(=O)c3c[nH]c4ncccc34)CC2)c(C)c1. The number of H-pyrrole nitrogens is 1. The molecular formula is C22H26N6O4S. The molecule has 10 nitrogen and oxygen atoms in total. The summed E-state index contributed by atoms with van der Waals surface area (Å²) in [7, 11) is -3.69. The van der Waals surface area contributed by atoms with E-state index in [0.717, 1.165) is 11.1 Å². The molecule has 11 heteroatoms. The van der Waals surface area contributed by atoms with Crippen molar-refractivity contribution in [3.63, 3.8) is 0 Å². The molecule has 1 aliphatic rings. The van der Waals surface area contributed by atoms with Gasteiger partial charge in [0.05, 0.1) is 6.54 Å². The van der Waals surface area contributed by atoms with Crippen molar-refractivity contribution in [1.29, 1.82) is 0 Å². The number of rotatable bonds is 5. The highest BCUT2D eigenvalue weighted by Gasteiger charge is 2.31. The molecule has 1 fully saturated rings. The topological polar surface area (TPSA) is 127 Å². The number of hydrogen-bond donors (Lipinski definition) is 3.